The Balaban J connectivity index is 1.85. The number of piperidine rings is 1. The van der Waals surface area contributed by atoms with Gasteiger partial charge in [0, 0.05) is 38.1 Å². The molecular weight excluding hydrogens is 426 g/mol. The van der Waals surface area contributed by atoms with Gasteiger partial charge < -0.3 is 9.73 Å². The minimum absolute atomic E-state index is 0.0564. The fourth-order valence-electron chi connectivity index (χ4n) is 3.11. The van der Waals surface area contributed by atoms with E-state index in [1.807, 2.05) is 0 Å². The fourth-order valence-corrected chi connectivity index (χ4v) is 4.85. The third-order valence-corrected chi connectivity index (χ3v) is 6.81. The number of carbonyl (C=O) groups excluding carboxylic acids is 1. The molecule has 0 radical (unpaired) electrons. The number of aryl methyl sites for hydroxylation is 1. The van der Waals surface area contributed by atoms with Gasteiger partial charge >= 0.3 is 5.76 Å². The Hall–Kier alpha value is -1.65. The third-order valence-electron chi connectivity index (χ3n) is 4.55. The standard InChI is InChI=1S/C16H20BrN3O5S/c1-19-13-5-4-12(9-14(13)25-16(19)22)26(23,24)20-8-2-3-11(10-20)15(21)18-7-6-17/h4-5,9,11H,2-3,6-8,10H2,1H3,(H,18,21)/t11-/m0/s1. The summed E-state index contributed by atoms with van der Waals surface area (Å²) in [6.07, 6.45) is 1.28. The molecule has 1 atom stereocenters. The Kier molecular flexibility index (Phi) is 5.54. The van der Waals surface area contributed by atoms with Crippen molar-refractivity contribution in [2.24, 2.45) is 13.0 Å². The summed E-state index contributed by atoms with van der Waals surface area (Å²) >= 11 is 3.25. The molecule has 1 aliphatic rings. The molecule has 0 bridgehead atoms. The molecule has 26 heavy (non-hydrogen) atoms. The number of nitrogens with one attached hydrogen (secondary N) is 1. The zero-order valence-electron chi connectivity index (χ0n) is 14.3. The van der Waals surface area contributed by atoms with Crippen molar-refractivity contribution >= 4 is 43.0 Å². The first-order valence-electron chi connectivity index (χ1n) is 8.28. The number of fused-ring (bicyclic) bond motifs is 1. The number of hydrogen-bond acceptors (Lipinski definition) is 5. The number of aromatic nitrogens is 1. The lowest BCUT2D eigenvalue weighted by Gasteiger charge is -2.31. The molecule has 0 unspecified atom stereocenters. The Morgan fingerprint density at radius 2 is 2.19 bits per heavy atom. The normalized spacial score (nSPS) is 18.9. The van der Waals surface area contributed by atoms with Crippen LogP contribution in [0.2, 0.25) is 0 Å². The number of rotatable bonds is 5. The average Bonchev–Trinajstić information content (AvgIpc) is 2.93. The fraction of sp³-hybridized carbons (Fsp3) is 0.500. The smallest absolute Gasteiger partial charge is 0.408 e. The van der Waals surface area contributed by atoms with E-state index in [-0.39, 0.29) is 28.8 Å². The van der Waals surface area contributed by atoms with Crippen LogP contribution in [0.3, 0.4) is 0 Å². The largest absolute Gasteiger partial charge is 0.419 e. The van der Waals surface area contributed by atoms with Crippen LogP contribution in [0.1, 0.15) is 12.8 Å². The van der Waals surface area contributed by atoms with Crippen molar-refractivity contribution in [2.75, 3.05) is 25.0 Å². The van der Waals surface area contributed by atoms with Gasteiger partial charge in [0.25, 0.3) is 0 Å². The van der Waals surface area contributed by atoms with Gasteiger partial charge in [0.05, 0.1) is 16.3 Å². The highest BCUT2D eigenvalue weighted by atomic mass is 79.9. The number of sulfonamides is 1. The van der Waals surface area contributed by atoms with Crippen LogP contribution < -0.4 is 11.1 Å². The lowest BCUT2D eigenvalue weighted by atomic mass is 9.99. The Morgan fingerprint density at radius 3 is 2.92 bits per heavy atom. The van der Waals surface area contributed by atoms with Gasteiger partial charge in [0.2, 0.25) is 15.9 Å². The van der Waals surface area contributed by atoms with Crippen molar-refractivity contribution in [1.29, 1.82) is 0 Å². The van der Waals surface area contributed by atoms with E-state index in [0.29, 0.717) is 36.8 Å². The lowest BCUT2D eigenvalue weighted by Crippen LogP contribution is -2.45. The van der Waals surface area contributed by atoms with Crippen LogP contribution in [0.5, 0.6) is 0 Å². The second-order valence-corrected chi connectivity index (χ2v) is 8.97. The molecule has 2 heterocycles. The zero-order valence-corrected chi connectivity index (χ0v) is 16.7. The minimum Gasteiger partial charge on any atom is -0.408 e. The molecule has 142 valence electrons. The Labute approximate surface area is 159 Å². The molecule has 1 aliphatic heterocycles. The van der Waals surface area contributed by atoms with Gasteiger partial charge in [0.1, 0.15) is 0 Å². The molecule has 1 amide bonds. The molecule has 1 aromatic heterocycles. The van der Waals surface area contributed by atoms with Crippen molar-refractivity contribution in [3.8, 4) is 0 Å². The van der Waals surface area contributed by atoms with Crippen LogP contribution in [-0.4, -0.2) is 48.2 Å². The van der Waals surface area contributed by atoms with Gasteiger partial charge in [-0.2, -0.15) is 4.31 Å². The third kappa shape index (κ3) is 3.58. The van der Waals surface area contributed by atoms with Crippen LogP contribution in [0.25, 0.3) is 11.1 Å². The van der Waals surface area contributed by atoms with Crippen LogP contribution in [0.15, 0.2) is 32.3 Å². The summed E-state index contributed by atoms with van der Waals surface area (Å²) in [7, 11) is -2.21. The van der Waals surface area contributed by atoms with Crippen molar-refractivity contribution in [1.82, 2.24) is 14.2 Å². The summed E-state index contributed by atoms with van der Waals surface area (Å²) < 4.78 is 33.7. The van der Waals surface area contributed by atoms with Crippen LogP contribution in [0, 0.1) is 5.92 Å². The number of carbonyl (C=O) groups is 1. The number of alkyl halides is 1. The summed E-state index contributed by atoms with van der Waals surface area (Å²) in [4.78, 5) is 23.8. The van der Waals surface area contributed by atoms with E-state index in [9.17, 15) is 18.0 Å². The molecule has 2 aromatic rings. The summed E-state index contributed by atoms with van der Waals surface area (Å²) in [6, 6.07) is 4.37. The highest BCUT2D eigenvalue weighted by Gasteiger charge is 2.33. The van der Waals surface area contributed by atoms with Gasteiger partial charge in [-0.15, -0.1) is 0 Å². The first-order chi connectivity index (χ1) is 12.3. The molecule has 10 heteroatoms. The quantitative estimate of drug-likeness (QED) is 0.692. The summed E-state index contributed by atoms with van der Waals surface area (Å²) in [5, 5.41) is 3.44. The molecule has 0 saturated carbocycles. The number of oxazole rings is 1. The molecule has 1 aromatic carbocycles. The maximum Gasteiger partial charge on any atom is 0.419 e. The maximum absolute atomic E-state index is 13.0. The molecule has 0 aliphatic carbocycles. The summed E-state index contributed by atoms with van der Waals surface area (Å²) in [6.45, 7) is 1.01. The summed E-state index contributed by atoms with van der Waals surface area (Å²) in [5.41, 5.74) is 0.752. The van der Waals surface area contributed by atoms with Gasteiger partial charge in [-0.25, -0.2) is 13.2 Å². The molecule has 1 N–H and O–H groups in total. The lowest BCUT2D eigenvalue weighted by molar-refractivity contribution is -0.125. The second kappa shape index (κ2) is 7.53. The highest BCUT2D eigenvalue weighted by Crippen LogP contribution is 2.26. The van der Waals surface area contributed by atoms with Crippen molar-refractivity contribution in [2.45, 2.75) is 17.7 Å². The van der Waals surface area contributed by atoms with Gasteiger partial charge in [-0.05, 0) is 25.0 Å². The van der Waals surface area contributed by atoms with Crippen LogP contribution in [-0.2, 0) is 21.9 Å². The zero-order chi connectivity index (χ0) is 18.9. The first kappa shape index (κ1) is 19.1. The number of hydrogen-bond donors (Lipinski definition) is 1. The van der Waals surface area contributed by atoms with Crippen molar-refractivity contribution in [3.05, 3.63) is 28.7 Å². The first-order valence-corrected chi connectivity index (χ1v) is 10.8. The topological polar surface area (TPSA) is 102 Å². The minimum atomic E-state index is -3.77. The molecule has 1 fully saturated rings. The van der Waals surface area contributed by atoms with Crippen molar-refractivity contribution < 1.29 is 17.6 Å². The second-order valence-electron chi connectivity index (χ2n) is 6.24. The molecule has 1 saturated heterocycles. The predicted molar refractivity (Wildman–Crippen MR) is 99.7 cm³/mol. The number of benzene rings is 1. The predicted octanol–water partition coefficient (Wildman–Crippen LogP) is 1.04. The SMILES string of the molecule is Cn1c(=O)oc2cc(S(=O)(=O)N3CCC[C@H](C(=O)NCCBr)C3)ccc21. The van der Waals surface area contributed by atoms with E-state index in [0.717, 1.165) is 0 Å². The highest BCUT2D eigenvalue weighted by molar-refractivity contribution is 9.09. The maximum atomic E-state index is 13.0. The van der Waals surface area contributed by atoms with Gasteiger partial charge in [-0.1, -0.05) is 15.9 Å². The number of nitrogens with zero attached hydrogens (tertiary/aromatic N) is 2. The van der Waals surface area contributed by atoms with E-state index in [4.69, 9.17) is 4.42 Å². The monoisotopic (exact) mass is 445 g/mol. The van der Waals surface area contributed by atoms with Crippen molar-refractivity contribution in [3.63, 3.8) is 0 Å². The van der Waals surface area contributed by atoms with Gasteiger partial charge in [0.15, 0.2) is 5.58 Å². The van der Waals surface area contributed by atoms with E-state index in [1.54, 1.807) is 13.1 Å². The Bertz CT molecular complexity index is 981. The van der Waals surface area contributed by atoms with E-state index < -0.39 is 15.8 Å². The van der Waals surface area contributed by atoms with E-state index >= 15 is 0 Å². The van der Waals surface area contributed by atoms with E-state index in [1.165, 1.54) is 21.0 Å². The van der Waals surface area contributed by atoms with Crippen LogP contribution in [0.4, 0.5) is 0 Å². The van der Waals surface area contributed by atoms with Crippen LogP contribution >= 0.6 is 15.9 Å². The average molecular weight is 446 g/mol. The molecular formula is C16H20BrN3O5S. The molecule has 0 spiro atoms. The summed E-state index contributed by atoms with van der Waals surface area (Å²) in [5.74, 6) is -1.04. The number of halogens is 1. The molecule has 8 nitrogen and oxygen atoms in total. The Morgan fingerprint density at radius 1 is 1.42 bits per heavy atom. The van der Waals surface area contributed by atoms with Gasteiger partial charge in [-0.3, -0.25) is 9.36 Å². The molecule has 3 rings (SSSR count). The number of amides is 1. The van der Waals surface area contributed by atoms with E-state index in [2.05, 4.69) is 21.2 Å².